The van der Waals surface area contributed by atoms with E-state index in [0.29, 0.717) is 49.4 Å². The number of hydrogen-bond donors (Lipinski definition) is 3. The fraction of sp³-hybridized carbons (Fsp3) is 0.526. The Kier molecular flexibility index (Phi) is 6.56. The minimum Gasteiger partial charge on any atom is -0.481 e. The molecule has 0 aliphatic heterocycles. The molecule has 136 valence electrons. The Morgan fingerprint density at radius 1 is 0.960 bits per heavy atom. The number of benzene rings is 1. The van der Waals surface area contributed by atoms with Crippen molar-refractivity contribution in [2.45, 2.75) is 46.0 Å². The molecule has 3 N–H and O–H groups in total. The lowest BCUT2D eigenvalue weighted by molar-refractivity contribution is -0.143. The molecule has 0 unspecified atom stereocenters. The van der Waals surface area contributed by atoms with Crippen LogP contribution in [0.3, 0.4) is 0 Å². The lowest BCUT2D eigenvalue weighted by atomic mass is 9.81. The fourth-order valence-electron chi connectivity index (χ4n) is 3.07. The van der Waals surface area contributed by atoms with Gasteiger partial charge in [0.15, 0.2) is 0 Å². The van der Waals surface area contributed by atoms with Crippen LogP contribution in [0, 0.1) is 17.8 Å². The SMILES string of the molecule is CC(C)CC(=O)Nc1ccc(NC(=O)C2CCC(C(=O)O)CC2)cc1. The minimum absolute atomic E-state index is 0.0259. The van der Waals surface area contributed by atoms with E-state index < -0.39 is 5.97 Å². The van der Waals surface area contributed by atoms with Crippen LogP contribution in [-0.4, -0.2) is 22.9 Å². The zero-order valence-electron chi connectivity index (χ0n) is 14.7. The van der Waals surface area contributed by atoms with Gasteiger partial charge in [-0.05, 0) is 55.9 Å². The van der Waals surface area contributed by atoms with Gasteiger partial charge >= 0.3 is 5.97 Å². The van der Waals surface area contributed by atoms with Crippen molar-refractivity contribution in [3.05, 3.63) is 24.3 Å². The molecule has 0 aromatic heterocycles. The van der Waals surface area contributed by atoms with Gasteiger partial charge in [0, 0.05) is 23.7 Å². The molecular formula is C19H26N2O4. The highest BCUT2D eigenvalue weighted by atomic mass is 16.4. The first-order valence-corrected chi connectivity index (χ1v) is 8.78. The molecule has 0 atom stereocenters. The van der Waals surface area contributed by atoms with E-state index in [0.717, 1.165) is 0 Å². The maximum atomic E-state index is 12.3. The Balaban J connectivity index is 1.83. The maximum Gasteiger partial charge on any atom is 0.306 e. The molecule has 25 heavy (non-hydrogen) atoms. The smallest absolute Gasteiger partial charge is 0.306 e. The molecule has 0 spiro atoms. The molecule has 1 aromatic carbocycles. The number of amides is 2. The van der Waals surface area contributed by atoms with Gasteiger partial charge in [-0.25, -0.2) is 0 Å². The van der Waals surface area contributed by atoms with Crippen molar-refractivity contribution >= 4 is 29.2 Å². The number of carbonyl (C=O) groups excluding carboxylic acids is 2. The number of nitrogens with one attached hydrogen (secondary N) is 2. The molecule has 1 aliphatic carbocycles. The third-order valence-electron chi connectivity index (χ3n) is 4.48. The second-order valence-corrected chi connectivity index (χ2v) is 7.10. The van der Waals surface area contributed by atoms with Crippen LogP contribution in [0.5, 0.6) is 0 Å². The van der Waals surface area contributed by atoms with Crippen molar-refractivity contribution in [3.63, 3.8) is 0 Å². The number of rotatable bonds is 6. The number of carbonyl (C=O) groups is 3. The van der Waals surface area contributed by atoms with E-state index in [2.05, 4.69) is 10.6 Å². The van der Waals surface area contributed by atoms with Crippen LogP contribution < -0.4 is 10.6 Å². The third kappa shape index (κ3) is 5.89. The number of carboxylic acid groups (broad SMARTS) is 1. The maximum absolute atomic E-state index is 12.3. The largest absolute Gasteiger partial charge is 0.481 e. The number of aliphatic carboxylic acids is 1. The molecule has 0 saturated heterocycles. The van der Waals surface area contributed by atoms with E-state index in [1.165, 1.54) is 0 Å². The van der Waals surface area contributed by atoms with Crippen LogP contribution in [0.15, 0.2) is 24.3 Å². The van der Waals surface area contributed by atoms with Gasteiger partial charge in [0.2, 0.25) is 11.8 Å². The summed E-state index contributed by atoms with van der Waals surface area (Å²) in [6, 6.07) is 7.03. The van der Waals surface area contributed by atoms with Crippen molar-refractivity contribution in [1.82, 2.24) is 0 Å². The third-order valence-corrected chi connectivity index (χ3v) is 4.48. The molecule has 0 heterocycles. The number of hydrogen-bond acceptors (Lipinski definition) is 3. The van der Waals surface area contributed by atoms with Gasteiger partial charge in [-0.3, -0.25) is 14.4 Å². The average molecular weight is 346 g/mol. The molecule has 1 aromatic rings. The van der Waals surface area contributed by atoms with Crippen LogP contribution in [-0.2, 0) is 14.4 Å². The molecule has 1 fully saturated rings. The van der Waals surface area contributed by atoms with Crippen LogP contribution >= 0.6 is 0 Å². The minimum atomic E-state index is -0.769. The normalized spacial score (nSPS) is 20.1. The lowest BCUT2D eigenvalue weighted by Crippen LogP contribution is -2.29. The zero-order valence-corrected chi connectivity index (χ0v) is 14.7. The van der Waals surface area contributed by atoms with Gasteiger partial charge in [-0.1, -0.05) is 13.8 Å². The predicted octanol–water partition coefficient (Wildman–Crippen LogP) is 3.50. The summed E-state index contributed by atoms with van der Waals surface area (Å²) >= 11 is 0. The van der Waals surface area contributed by atoms with E-state index in [1.807, 2.05) is 13.8 Å². The fourth-order valence-corrected chi connectivity index (χ4v) is 3.07. The topological polar surface area (TPSA) is 95.5 Å². The second kappa shape index (κ2) is 8.65. The Bertz CT molecular complexity index is 617. The molecule has 2 amide bonds. The number of carboxylic acids is 1. The summed E-state index contributed by atoms with van der Waals surface area (Å²) in [6.45, 7) is 3.98. The number of anilines is 2. The molecule has 0 bridgehead atoms. The van der Waals surface area contributed by atoms with Crippen LogP contribution in [0.2, 0.25) is 0 Å². The van der Waals surface area contributed by atoms with Gasteiger partial charge in [0.05, 0.1) is 5.92 Å². The summed E-state index contributed by atoms with van der Waals surface area (Å²) < 4.78 is 0. The van der Waals surface area contributed by atoms with Crippen molar-refractivity contribution in [2.24, 2.45) is 17.8 Å². The van der Waals surface area contributed by atoms with Gasteiger partial charge in [0.1, 0.15) is 0 Å². The first kappa shape index (κ1) is 19.0. The summed E-state index contributed by atoms with van der Waals surface area (Å²) in [5.74, 6) is -1.02. The summed E-state index contributed by atoms with van der Waals surface area (Å²) in [6.07, 6.45) is 2.78. The molecule has 0 radical (unpaired) electrons. The molecule has 6 heteroatoms. The van der Waals surface area contributed by atoms with Crippen LogP contribution in [0.1, 0.15) is 46.0 Å². The predicted molar refractivity (Wildman–Crippen MR) is 96.2 cm³/mol. The van der Waals surface area contributed by atoms with Gasteiger partial charge < -0.3 is 15.7 Å². The average Bonchev–Trinajstić information content (AvgIpc) is 2.56. The Hall–Kier alpha value is -2.37. The summed E-state index contributed by atoms with van der Waals surface area (Å²) in [4.78, 5) is 35.0. The van der Waals surface area contributed by atoms with Crippen molar-refractivity contribution in [1.29, 1.82) is 0 Å². The van der Waals surface area contributed by atoms with Crippen LogP contribution in [0.4, 0.5) is 11.4 Å². The standard InChI is InChI=1S/C19H26N2O4/c1-12(2)11-17(22)20-15-7-9-16(10-8-15)21-18(23)13-3-5-14(6-4-13)19(24)25/h7-10,12-14H,3-6,11H2,1-2H3,(H,20,22)(H,21,23)(H,24,25). The zero-order chi connectivity index (χ0) is 18.4. The van der Waals surface area contributed by atoms with E-state index in [-0.39, 0.29) is 23.7 Å². The first-order chi connectivity index (χ1) is 11.8. The molecule has 6 nitrogen and oxygen atoms in total. The Morgan fingerprint density at radius 3 is 1.92 bits per heavy atom. The molecule has 1 aliphatic rings. The highest BCUT2D eigenvalue weighted by Gasteiger charge is 2.29. The summed E-state index contributed by atoms with van der Waals surface area (Å²) in [5, 5.41) is 14.7. The van der Waals surface area contributed by atoms with E-state index in [1.54, 1.807) is 24.3 Å². The highest BCUT2D eigenvalue weighted by Crippen LogP contribution is 2.30. The van der Waals surface area contributed by atoms with Crippen molar-refractivity contribution in [3.8, 4) is 0 Å². The Labute approximate surface area is 148 Å². The van der Waals surface area contributed by atoms with Gasteiger partial charge in [-0.2, -0.15) is 0 Å². The van der Waals surface area contributed by atoms with Crippen molar-refractivity contribution < 1.29 is 19.5 Å². The molecule has 1 saturated carbocycles. The van der Waals surface area contributed by atoms with E-state index in [9.17, 15) is 14.4 Å². The van der Waals surface area contributed by atoms with Gasteiger partial charge in [-0.15, -0.1) is 0 Å². The van der Waals surface area contributed by atoms with Crippen molar-refractivity contribution in [2.75, 3.05) is 10.6 Å². The van der Waals surface area contributed by atoms with Crippen LogP contribution in [0.25, 0.3) is 0 Å². The lowest BCUT2D eigenvalue weighted by Gasteiger charge is -2.25. The van der Waals surface area contributed by atoms with E-state index in [4.69, 9.17) is 5.11 Å². The Morgan fingerprint density at radius 2 is 1.44 bits per heavy atom. The quantitative estimate of drug-likeness (QED) is 0.734. The summed E-state index contributed by atoms with van der Waals surface area (Å²) in [5.41, 5.74) is 1.37. The molecular weight excluding hydrogens is 320 g/mol. The second-order valence-electron chi connectivity index (χ2n) is 7.10. The van der Waals surface area contributed by atoms with E-state index >= 15 is 0 Å². The molecule has 2 rings (SSSR count). The first-order valence-electron chi connectivity index (χ1n) is 8.78. The summed E-state index contributed by atoms with van der Waals surface area (Å²) in [7, 11) is 0. The van der Waals surface area contributed by atoms with Gasteiger partial charge in [0.25, 0.3) is 0 Å². The highest BCUT2D eigenvalue weighted by molar-refractivity contribution is 5.94. The monoisotopic (exact) mass is 346 g/mol.